The Bertz CT molecular complexity index is 500. The number of rotatable bonds is 6. The van der Waals surface area contributed by atoms with Crippen molar-refractivity contribution < 1.29 is 9.53 Å². The van der Waals surface area contributed by atoms with Crippen LogP contribution in [-0.2, 0) is 22.7 Å². The molecule has 1 amide bonds. The zero-order valence-corrected chi connectivity index (χ0v) is 12.8. The lowest BCUT2D eigenvalue weighted by molar-refractivity contribution is -0.122. The van der Waals surface area contributed by atoms with Crippen LogP contribution < -0.4 is 5.32 Å². The summed E-state index contributed by atoms with van der Waals surface area (Å²) < 4.78 is 5.20. The number of hydrogen-bond donors (Lipinski definition) is 1. The molecule has 2 fully saturated rings. The van der Waals surface area contributed by atoms with Crippen LogP contribution in [0.15, 0.2) is 24.3 Å². The van der Waals surface area contributed by atoms with Crippen molar-refractivity contribution in [2.24, 2.45) is 17.8 Å². The summed E-state index contributed by atoms with van der Waals surface area (Å²) in [5.41, 5.74) is 2.31. The van der Waals surface area contributed by atoms with Gasteiger partial charge in [-0.15, -0.1) is 0 Å². The molecule has 2 saturated carbocycles. The summed E-state index contributed by atoms with van der Waals surface area (Å²) in [5, 5.41) is 3.09. The molecule has 2 aliphatic rings. The molecule has 1 N–H and O–H groups in total. The molecule has 0 aliphatic heterocycles. The van der Waals surface area contributed by atoms with Crippen molar-refractivity contribution in [3.05, 3.63) is 35.4 Å². The number of benzene rings is 1. The summed E-state index contributed by atoms with van der Waals surface area (Å²) in [4.78, 5) is 12.2. The molecule has 1 aromatic rings. The van der Waals surface area contributed by atoms with E-state index in [1.165, 1.54) is 25.7 Å². The fourth-order valence-electron chi connectivity index (χ4n) is 4.16. The van der Waals surface area contributed by atoms with E-state index in [1.54, 1.807) is 7.11 Å². The standard InChI is InChI=1S/C18H25NO2/c1-21-12-16-5-3-2-4-15(16)11-19-18(20)10-17-9-13-6-7-14(17)8-13/h2-5,13-14,17H,6-12H2,1H3,(H,19,20)/t13-,14+,17-/m0/s1. The van der Waals surface area contributed by atoms with Gasteiger partial charge in [-0.1, -0.05) is 30.7 Å². The lowest BCUT2D eigenvalue weighted by atomic mass is 9.86. The van der Waals surface area contributed by atoms with Gasteiger partial charge in [0.25, 0.3) is 0 Å². The maximum Gasteiger partial charge on any atom is 0.220 e. The molecule has 2 aliphatic carbocycles. The first-order valence-electron chi connectivity index (χ1n) is 8.08. The van der Waals surface area contributed by atoms with Crippen molar-refractivity contribution in [1.82, 2.24) is 5.32 Å². The zero-order valence-electron chi connectivity index (χ0n) is 12.8. The van der Waals surface area contributed by atoms with E-state index >= 15 is 0 Å². The summed E-state index contributed by atoms with van der Waals surface area (Å²) in [6.45, 7) is 1.21. The fourth-order valence-corrected chi connectivity index (χ4v) is 4.16. The van der Waals surface area contributed by atoms with Crippen LogP contribution in [0.4, 0.5) is 0 Å². The van der Waals surface area contributed by atoms with Crippen molar-refractivity contribution in [3.63, 3.8) is 0 Å². The fraction of sp³-hybridized carbons (Fsp3) is 0.611. The van der Waals surface area contributed by atoms with Crippen LogP contribution in [0.1, 0.15) is 43.2 Å². The molecule has 1 aromatic carbocycles. The number of carbonyl (C=O) groups is 1. The number of carbonyl (C=O) groups excluding carboxylic acids is 1. The van der Waals surface area contributed by atoms with E-state index in [4.69, 9.17) is 4.74 Å². The van der Waals surface area contributed by atoms with Gasteiger partial charge in [-0.05, 0) is 48.1 Å². The highest BCUT2D eigenvalue weighted by atomic mass is 16.5. The molecule has 114 valence electrons. The average molecular weight is 287 g/mol. The summed E-state index contributed by atoms with van der Waals surface area (Å²) in [6, 6.07) is 8.14. The highest BCUT2D eigenvalue weighted by molar-refractivity contribution is 5.76. The second-order valence-electron chi connectivity index (χ2n) is 6.62. The van der Waals surface area contributed by atoms with E-state index in [0.29, 0.717) is 25.5 Å². The van der Waals surface area contributed by atoms with E-state index in [-0.39, 0.29) is 5.91 Å². The third-order valence-electron chi connectivity index (χ3n) is 5.23. The van der Waals surface area contributed by atoms with Gasteiger partial charge in [-0.2, -0.15) is 0 Å². The molecule has 3 nitrogen and oxygen atoms in total. The predicted molar refractivity (Wildman–Crippen MR) is 82.6 cm³/mol. The second kappa shape index (κ2) is 6.61. The van der Waals surface area contributed by atoms with Crippen molar-refractivity contribution in [1.29, 1.82) is 0 Å². The molecule has 0 radical (unpaired) electrons. The van der Waals surface area contributed by atoms with Crippen LogP contribution in [0.3, 0.4) is 0 Å². The third-order valence-corrected chi connectivity index (χ3v) is 5.23. The van der Waals surface area contributed by atoms with E-state index in [2.05, 4.69) is 17.4 Å². The van der Waals surface area contributed by atoms with E-state index in [0.717, 1.165) is 23.0 Å². The SMILES string of the molecule is COCc1ccccc1CNC(=O)C[C@@H]1C[C@H]2CC[C@@H]1C2. The Morgan fingerprint density at radius 1 is 1.24 bits per heavy atom. The Morgan fingerprint density at radius 2 is 2.05 bits per heavy atom. The molecule has 0 spiro atoms. The van der Waals surface area contributed by atoms with Crippen molar-refractivity contribution in [2.45, 2.75) is 45.3 Å². The number of methoxy groups -OCH3 is 1. The molecular weight excluding hydrogens is 262 g/mol. The molecular formula is C18H25NO2. The van der Waals surface area contributed by atoms with Crippen molar-refractivity contribution in [2.75, 3.05) is 7.11 Å². The minimum atomic E-state index is 0.208. The van der Waals surface area contributed by atoms with Crippen LogP contribution in [0.5, 0.6) is 0 Å². The van der Waals surface area contributed by atoms with E-state index in [9.17, 15) is 4.79 Å². The quantitative estimate of drug-likeness (QED) is 0.872. The average Bonchev–Trinajstić information content (AvgIpc) is 3.09. The van der Waals surface area contributed by atoms with Gasteiger partial charge in [0.1, 0.15) is 0 Å². The van der Waals surface area contributed by atoms with Gasteiger partial charge in [0, 0.05) is 20.1 Å². The maximum absolute atomic E-state index is 12.2. The van der Waals surface area contributed by atoms with E-state index < -0.39 is 0 Å². The molecule has 3 atom stereocenters. The van der Waals surface area contributed by atoms with Gasteiger partial charge in [0.2, 0.25) is 5.91 Å². The van der Waals surface area contributed by atoms with Crippen LogP contribution in [0.25, 0.3) is 0 Å². The molecule has 3 heteroatoms. The molecule has 2 bridgehead atoms. The molecule has 3 rings (SSSR count). The van der Waals surface area contributed by atoms with Gasteiger partial charge in [0.15, 0.2) is 0 Å². The topological polar surface area (TPSA) is 38.3 Å². The first-order chi connectivity index (χ1) is 10.3. The highest BCUT2D eigenvalue weighted by Crippen LogP contribution is 2.49. The summed E-state index contributed by atoms with van der Waals surface area (Å²) >= 11 is 0. The Balaban J connectivity index is 1.49. The van der Waals surface area contributed by atoms with Gasteiger partial charge in [-0.25, -0.2) is 0 Å². The van der Waals surface area contributed by atoms with Crippen LogP contribution in [0.2, 0.25) is 0 Å². The van der Waals surface area contributed by atoms with Crippen molar-refractivity contribution in [3.8, 4) is 0 Å². The maximum atomic E-state index is 12.2. The normalized spacial score (nSPS) is 27.0. The largest absolute Gasteiger partial charge is 0.380 e. The highest BCUT2D eigenvalue weighted by Gasteiger charge is 2.39. The Labute approximate surface area is 127 Å². The lowest BCUT2D eigenvalue weighted by Crippen LogP contribution is -2.27. The summed E-state index contributed by atoms with van der Waals surface area (Å²) in [5.74, 6) is 2.58. The number of hydrogen-bond acceptors (Lipinski definition) is 2. The Kier molecular flexibility index (Phi) is 4.59. The molecule has 0 aromatic heterocycles. The number of fused-ring (bicyclic) bond motifs is 2. The molecule has 21 heavy (non-hydrogen) atoms. The first-order valence-corrected chi connectivity index (χ1v) is 8.08. The Morgan fingerprint density at radius 3 is 2.71 bits per heavy atom. The van der Waals surface area contributed by atoms with Crippen LogP contribution >= 0.6 is 0 Å². The lowest BCUT2D eigenvalue weighted by Gasteiger charge is -2.21. The summed E-state index contributed by atoms with van der Waals surface area (Å²) in [6.07, 6.45) is 6.10. The molecule has 0 unspecified atom stereocenters. The third kappa shape index (κ3) is 3.46. The van der Waals surface area contributed by atoms with Crippen molar-refractivity contribution >= 4 is 5.91 Å². The predicted octanol–water partition coefficient (Wildman–Crippen LogP) is 3.28. The number of amides is 1. The minimum Gasteiger partial charge on any atom is -0.380 e. The van der Waals surface area contributed by atoms with E-state index in [1.807, 2.05) is 12.1 Å². The van der Waals surface area contributed by atoms with Gasteiger partial charge in [-0.3, -0.25) is 4.79 Å². The molecule has 0 saturated heterocycles. The Hall–Kier alpha value is -1.35. The zero-order chi connectivity index (χ0) is 14.7. The van der Waals surface area contributed by atoms with Crippen LogP contribution in [-0.4, -0.2) is 13.0 Å². The van der Waals surface area contributed by atoms with Crippen LogP contribution in [0, 0.1) is 17.8 Å². The van der Waals surface area contributed by atoms with Gasteiger partial charge in [0.05, 0.1) is 6.61 Å². The number of ether oxygens (including phenoxy) is 1. The molecule has 0 heterocycles. The first kappa shape index (κ1) is 14.6. The number of nitrogens with one attached hydrogen (secondary N) is 1. The summed E-state index contributed by atoms with van der Waals surface area (Å²) in [7, 11) is 1.70. The monoisotopic (exact) mass is 287 g/mol. The van der Waals surface area contributed by atoms with Gasteiger partial charge >= 0.3 is 0 Å². The second-order valence-corrected chi connectivity index (χ2v) is 6.62. The van der Waals surface area contributed by atoms with Gasteiger partial charge < -0.3 is 10.1 Å². The minimum absolute atomic E-state index is 0.208. The smallest absolute Gasteiger partial charge is 0.220 e.